The molecule has 0 radical (unpaired) electrons. The second kappa shape index (κ2) is 10.1. The van der Waals surface area contributed by atoms with Crippen LogP contribution in [0.1, 0.15) is 18.1 Å². The van der Waals surface area contributed by atoms with Crippen LogP contribution < -0.4 is 10.6 Å². The first-order valence-corrected chi connectivity index (χ1v) is 8.46. The van der Waals surface area contributed by atoms with E-state index in [4.69, 9.17) is 0 Å². The molecule has 0 saturated heterocycles. The number of pyridine rings is 1. The number of fused-ring (bicyclic) bond motifs is 1. The molecule has 0 aliphatic rings. The predicted molar refractivity (Wildman–Crippen MR) is 115 cm³/mol. The number of para-hydroxylation sites is 1. The number of aromatic nitrogens is 1. The quantitative estimate of drug-likeness (QED) is 0.323. The number of benzene rings is 2. The molecule has 3 aromatic rings. The molecule has 0 amide bonds. The fraction of sp³-hybridized carbons (Fsp3) is 0.200. The van der Waals surface area contributed by atoms with E-state index in [0.29, 0.717) is 19.0 Å². The molecule has 3 rings (SSSR count). The first-order chi connectivity index (χ1) is 12.7. The molecule has 0 aliphatic carbocycles. The summed E-state index contributed by atoms with van der Waals surface area (Å²) in [5.41, 5.74) is 2.18. The van der Waals surface area contributed by atoms with Gasteiger partial charge in [0.05, 0.1) is 12.1 Å². The zero-order chi connectivity index (χ0) is 18.4. The van der Waals surface area contributed by atoms with Crippen molar-refractivity contribution in [2.24, 2.45) is 4.99 Å². The Bertz CT molecular complexity index is 926. The van der Waals surface area contributed by atoms with Gasteiger partial charge in [0.1, 0.15) is 11.6 Å². The molecule has 0 fully saturated rings. The Balaban J connectivity index is 0.00000261. The second-order valence-corrected chi connectivity index (χ2v) is 5.78. The van der Waals surface area contributed by atoms with Crippen molar-refractivity contribution in [2.75, 3.05) is 6.54 Å². The Morgan fingerprint density at radius 1 is 1.04 bits per heavy atom. The lowest BCUT2D eigenvalue weighted by molar-refractivity contribution is 0.585. The molecule has 2 N–H and O–H groups in total. The van der Waals surface area contributed by atoms with Crippen LogP contribution in [-0.4, -0.2) is 17.5 Å². The highest BCUT2D eigenvalue weighted by atomic mass is 127. The summed E-state index contributed by atoms with van der Waals surface area (Å²) in [6, 6.07) is 13.3. The zero-order valence-corrected chi connectivity index (χ0v) is 17.2. The molecular formula is C20H21F2IN4. The Morgan fingerprint density at radius 3 is 2.67 bits per heavy atom. The molecule has 0 aliphatic heterocycles. The summed E-state index contributed by atoms with van der Waals surface area (Å²) in [5, 5.41) is 7.39. The lowest BCUT2D eigenvalue weighted by Gasteiger charge is -2.12. The average molecular weight is 482 g/mol. The van der Waals surface area contributed by atoms with Crippen molar-refractivity contribution in [2.45, 2.75) is 20.0 Å². The van der Waals surface area contributed by atoms with E-state index < -0.39 is 11.6 Å². The van der Waals surface area contributed by atoms with Crippen LogP contribution in [0.15, 0.2) is 59.7 Å². The van der Waals surface area contributed by atoms with Gasteiger partial charge in [-0.05, 0) is 36.8 Å². The van der Waals surface area contributed by atoms with Gasteiger partial charge in [0.25, 0.3) is 0 Å². The molecular weight excluding hydrogens is 461 g/mol. The Hall–Kier alpha value is -2.29. The van der Waals surface area contributed by atoms with Crippen molar-refractivity contribution in [3.63, 3.8) is 0 Å². The fourth-order valence-corrected chi connectivity index (χ4v) is 2.66. The first kappa shape index (κ1) is 21.0. The minimum atomic E-state index is -0.476. The average Bonchev–Trinajstić information content (AvgIpc) is 2.66. The first-order valence-electron chi connectivity index (χ1n) is 8.46. The van der Waals surface area contributed by atoms with Crippen LogP contribution in [0.5, 0.6) is 0 Å². The lowest BCUT2D eigenvalue weighted by atomic mass is 10.1. The Labute approximate surface area is 174 Å². The van der Waals surface area contributed by atoms with Crippen LogP contribution in [0, 0.1) is 11.6 Å². The highest BCUT2D eigenvalue weighted by Gasteiger charge is 2.06. The monoisotopic (exact) mass is 482 g/mol. The van der Waals surface area contributed by atoms with E-state index in [1.807, 2.05) is 37.3 Å². The molecule has 2 aromatic carbocycles. The van der Waals surface area contributed by atoms with Crippen molar-refractivity contribution < 1.29 is 8.78 Å². The van der Waals surface area contributed by atoms with Gasteiger partial charge < -0.3 is 10.6 Å². The summed E-state index contributed by atoms with van der Waals surface area (Å²) in [6.07, 6.45) is 1.76. The molecule has 27 heavy (non-hydrogen) atoms. The third-order valence-corrected chi connectivity index (χ3v) is 3.92. The van der Waals surface area contributed by atoms with Crippen molar-refractivity contribution in [1.82, 2.24) is 15.6 Å². The highest BCUT2D eigenvalue weighted by molar-refractivity contribution is 14.0. The van der Waals surface area contributed by atoms with E-state index in [1.165, 1.54) is 0 Å². The van der Waals surface area contributed by atoms with E-state index in [9.17, 15) is 8.78 Å². The van der Waals surface area contributed by atoms with Crippen LogP contribution in [0.2, 0.25) is 0 Å². The molecule has 4 nitrogen and oxygen atoms in total. The number of hydrogen-bond acceptors (Lipinski definition) is 2. The maximum Gasteiger partial charge on any atom is 0.191 e. The number of aliphatic imine (C=N–C) groups is 1. The fourth-order valence-electron chi connectivity index (χ4n) is 2.66. The predicted octanol–water partition coefficient (Wildman–Crippen LogP) is 4.39. The van der Waals surface area contributed by atoms with Crippen molar-refractivity contribution in [1.29, 1.82) is 0 Å². The standard InChI is InChI=1S/C20H20F2N4.HI/c1-2-23-20(26-13-16-11-17(21)8-9-18(16)22)25-12-15-6-3-5-14-7-4-10-24-19(14)15;/h3-11H,2,12-13H2,1H3,(H2,23,25,26);1H. The molecule has 1 aromatic heterocycles. The van der Waals surface area contributed by atoms with Crippen LogP contribution in [0.4, 0.5) is 8.78 Å². The number of nitrogens with one attached hydrogen (secondary N) is 2. The number of guanidine groups is 1. The molecule has 0 unspecified atom stereocenters. The van der Waals surface area contributed by atoms with E-state index in [2.05, 4.69) is 20.6 Å². The van der Waals surface area contributed by atoms with Gasteiger partial charge >= 0.3 is 0 Å². The summed E-state index contributed by atoms with van der Waals surface area (Å²) < 4.78 is 27.0. The van der Waals surface area contributed by atoms with Crippen LogP contribution in [-0.2, 0) is 13.1 Å². The van der Waals surface area contributed by atoms with Gasteiger partial charge in [-0.15, -0.1) is 24.0 Å². The molecule has 0 atom stereocenters. The second-order valence-electron chi connectivity index (χ2n) is 5.78. The van der Waals surface area contributed by atoms with E-state index >= 15 is 0 Å². The molecule has 1 heterocycles. The van der Waals surface area contributed by atoms with Crippen molar-refractivity contribution in [3.8, 4) is 0 Å². The van der Waals surface area contributed by atoms with Crippen molar-refractivity contribution >= 4 is 40.8 Å². The third kappa shape index (κ3) is 5.59. The minimum Gasteiger partial charge on any atom is -0.357 e. The van der Waals surface area contributed by atoms with Gasteiger partial charge in [-0.1, -0.05) is 24.3 Å². The van der Waals surface area contributed by atoms with Crippen LogP contribution in [0.25, 0.3) is 10.9 Å². The third-order valence-electron chi connectivity index (χ3n) is 3.92. The molecule has 7 heteroatoms. The molecule has 0 spiro atoms. The summed E-state index contributed by atoms with van der Waals surface area (Å²) >= 11 is 0. The minimum absolute atomic E-state index is 0. The van der Waals surface area contributed by atoms with E-state index in [-0.39, 0.29) is 36.1 Å². The smallest absolute Gasteiger partial charge is 0.191 e. The Kier molecular flexibility index (Phi) is 7.90. The topological polar surface area (TPSA) is 49.3 Å². The summed E-state index contributed by atoms with van der Waals surface area (Å²) in [4.78, 5) is 8.78. The summed E-state index contributed by atoms with van der Waals surface area (Å²) in [5.74, 6) is -0.412. The van der Waals surface area contributed by atoms with Gasteiger partial charge in [0, 0.05) is 30.2 Å². The van der Waals surface area contributed by atoms with Gasteiger partial charge in [0.15, 0.2) is 5.96 Å². The number of hydrogen-bond donors (Lipinski definition) is 2. The molecule has 142 valence electrons. The maximum absolute atomic E-state index is 13.7. The van der Waals surface area contributed by atoms with E-state index in [0.717, 1.165) is 34.7 Å². The number of rotatable bonds is 5. The van der Waals surface area contributed by atoms with Gasteiger partial charge in [-0.25, -0.2) is 13.8 Å². The van der Waals surface area contributed by atoms with Gasteiger partial charge in [0.2, 0.25) is 0 Å². The van der Waals surface area contributed by atoms with Gasteiger partial charge in [-0.3, -0.25) is 4.98 Å². The van der Waals surface area contributed by atoms with E-state index in [1.54, 1.807) is 6.20 Å². The van der Waals surface area contributed by atoms with Crippen LogP contribution in [0.3, 0.4) is 0 Å². The highest BCUT2D eigenvalue weighted by Crippen LogP contribution is 2.15. The van der Waals surface area contributed by atoms with Gasteiger partial charge in [-0.2, -0.15) is 0 Å². The number of halogens is 3. The maximum atomic E-state index is 13.7. The number of nitrogens with zero attached hydrogens (tertiary/aromatic N) is 2. The normalized spacial score (nSPS) is 11.1. The largest absolute Gasteiger partial charge is 0.357 e. The molecule has 0 saturated carbocycles. The summed E-state index contributed by atoms with van der Waals surface area (Å²) in [6.45, 7) is 3.17. The summed E-state index contributed by atoms with van der Waals surface area (Å²) in [7, 11) is 0. The lowest BCUT2D eigenvalue weighted by Crippen LogP contribution is -2.36. The molecule has 0 bridgehead atoms. The SMILES string of the molecule is CCNC(=NCc1cc(F)ccc1F)NCc1cccc2cccnc12.I. The zero-order valence-electron chi connectivity index (χ0n) is 14.9. The van der Waals surface area contributed by atoms with Crippen LogP contribution >= 0.6 is 24.0 Å². The van der Waals surface area contributed by atoms with Crippen molar-refractivity contribution in [3.05, 3.63) is 77.5 Å². The Morgan fingerprint density at radius 2 is 1.85 bits per heavy atom.